The van der Waals surface area contributed by atoms with Crippen LogP contribution < -0.4 is 33.2 Å². The summed E-state index contributed by atoms with van der Waals surface area (Å²) >= 11 is 1.38. The molecule has 212 valence electrons. The minimum absolute atomic E-state index is 0.0543. The van der Waals surface area contributed by atoms with Crippen LogP contribution >= 0.6 is 11.8 Å². The summed E-state index contributed by atoms with van der Waals surface area (Å²) in [4.78, 5) is 76.4. The standard InChI is InChI=1S/C24H33N7O7S/c1-39-7-6-16(24(37)38)29-23(36)18(10-20(27)33)31-22(35)17(30-21(34)14(25)9-19(26)32)8-12-11-28-15-5-3-2-4-13(12)15/h2-5,11,14,16-18,28H,6-10,25H2,1H3,(H2,26,32)(H2,27,33)(H,29,36)(H,30,34)(H,31,35)(H,37,38). The zero-order chi connectivity index (χ0) is 29.1. The number of hydrogen-bond acceptors (Lipinski definition) is 8. The molecule has 1 aromatic carbocycles. The molecule has 0 aliphatic carbocycles. The highest BCUT2D eigenvalue weighted by Crippen LogP contribution is 2.19. The maximum atomic E-state index is 13.4. The molecule has 2 rings (SSSR count). The number of carbonyl (C=O) groups is 6. The molecule has 15 heteroatoms. The average molecular weight is 564 g/mol. The fourth-order valence-electron chi connectivity index (χ4n) is 3.77. The SMILES string of the molecule is CSCCC(NC(=O)C(CC(N)=O)NC(=O)C(Cc1c[nH]c2ccccc12)NC(=O)C(N)CC(N)=O)C(=O)O. The van der Waals surface area contributed by atoms with E-state index in [0.717, 1.165) is 10.9 Å². The Morgan fingerprint density at radius 1 is 0.897 bits per heavy atom. The minimum atomic E-state index is -1.52. The molecule has 0 saturated carbocycles. The van der Waals surface area contributed by atoms with Gasteiger partial charge >= 0.3 is 5.97 Å². The van der Waals surface area contributed by atoms with Crippen LogP contribution in [-0.2, 0) is 35.2 Å². The number of benzene rings is 1. The number of primary amides is 2. The Morgan fingerprint density at radius 3 is 2.10 bits per heavy atom. The first-order valence-electron chi connectivity index (χ1n) is 11.9. The Bertz CT molecular complexity index is 1220. The van der Waals surface area contributed by atoms with Gasteiger partial charge in [0, 0.05) is 23.5 Å². The largest absolute Gasteiger partial charge is 0.480 e. The fraction of sp³-hybridized carbons (Fsp3) is 0.417. The molecule has 5 amide bonds. The van der Waals surface area contributed by atoms with Gasteiger partial charge in [0.2, 0.25) is 29.5 Å². The highest BCUT2D eigenvalue weighted by molar-refractivity contribution is 7.98. The number of carboxylic acid groups (broad SMARTS) is 1. The number of aliphatic carboxylic acids is 1. The average Bonchev–Trinajstić information content (AvgIpc) is 3.27. The number of thioether (sulfide) groups is 1. The predicted octanol–water partition coefficient (Wildman–Crippen LogP) is -1.92. The first kappa shape index (κ1) is 31.1. The molecular formula is C24H33N7O7S. The van der Waals surface area contributed by atoms with Crippen molar-refractivity contribution in [2.24, 2.45) is 17.2 Å². The monoisotopic (exact) mass is 563 g/mol. The van der Waals surface area contributed by atoms with E-state index in [2.05, 4.69) is 20.9 Å². The fourth-order valence-corrected chi connectivity index (χ4v) is 4.24. The Kier molecular flexibility index (Phi) is 11.7. The number of amides is 5. The van der Waals surface area contributed by atoms with Crippen LogP contribution in [0.3, 0.4) is 0 Å². The van der Waals surface area contributed by atoms with Crippen LogP contribution in [0.2, 0.25) is 0 Å². The molecule has 4 atom stereocenters. The van der Waals surface area contributed by atoms with Crippen molar-refractivity contribution < 1.29 is 33.9 Å². The van der Waals surface area contributed by atoms with E-state index in [1.54, 1.807) is 24.6 Å². The minimum Gasteiger partial charge on any atom is -0.480 e. The Balaban J connectivity index is 2.30. The van der Waals surface area contributed by atoms with Crippen molar-refractivity contribution in [2.45, 2.75) is 49.9 Å². The first-order chi connectivity index (χ1) is 18.4. The van der Waals surface area contributed by atoms with E-state index in [1.807, 2.05) is 12.1 Å². The molecule has 11 N–H and O–H groups in total. The van der Waals surface area contributed by atoms with Gasteiger partial charge < -0.3 is 43.2 Å². The van der Waals surface area contributed by atoms with Crippen LogP contribution in [-0.4, -0.2) is 81.8 Å². The van der Waals surface area contributed by atoms with Gasteiger partial charge in [-0.1, -0.05) is 18.2 Å². The molecule has 4 unspecified atom stereocenters. The van der Waals surface area contributed by atoms with E-state index in [0.29, 0.717) is 11.3 Å². The molecule has 0 spiro atoms. The number of aromatic nitrogens is 1. The number of carboxylic acids is 1. The second-order valence-electron chi connectivity index (χ2n) is 8.81. The molecule has 0 fully saturated rings. The number of nitrogens with one attached hydrogen (secondary N) is 4. The molecule has 0 saturated heterocycles. The summed E-state index contributed by atoms with van der Waals surface area (Å²) in [5.41, 5.74) is 17.5. The lowest BCUT2D eigenvalue weighted by molar-refractivity contribution is -0.142. The quantitative estimate of drug-likeness (QED) is 0.113. The van der Waals surface area contributed by atoms with Crippen molar-refractivity contribution in [3.63, 3.8) is 0 Å². The Morgan fingerprint density at radius 2 is 1.49 bits per heavy atom. The van der Waals surface area contributed by atoms with Crippen LogP contribution in [0.4, 0.5) is 0 Å². The lowest BCUT2D eigenvalue weighted by Crippen LogP contribution is -2.58. The maximum Gasteiger partial charge on any atom is 0.326 e. The summed E-state index contributed by atoms with van der Waals surface area (Å²) in [7, 11) is 0. The topological polar surface area (TPSA) is 253 Å². The van der Waals surface area contributed by atoms with Crippen LogP contribution in [0, 0.1) is 0 Å². The van der Waals surface area contributed by atoms with Gasteiger partial charge in [-0.05, 0) is 30.1 Å². The van der Waals surface area contributed by atoms with E-state index >= 15 is 0 Å². The van der Waals surface area contributed by atoms with E-state index in [4.69, 9.17) is 17.2 Å². The number of fused-ring (bicyclic) bond motifs is 1. The number of H-pyrrole nitrogens is 1. The number of nitrogens with two attached hydrogens (primary N) is 3. The van der Waals surface area contributed by atoms with Crippen LogP contribution in [0.25, 0.3) is 10.9 Å². The number of para-hydroxylation sites is 1. The Labute approximate surface area is 228 Å². The van der Waals surface area contributed by atoms with Gasteiger partial charge in [0.1, 0.15) is 18.1 Å². The van der Waals surface area contributed by atoms with Gasteiger partial charge in [-0.25, -0.2) is 4.79 Å². The first-order valence-corrected chi connectivity index (χ1v) is 13.3. The lowest BCUT2D eigenvalue weighted by atomic mass is 10.0. The maximum absolute atomic E-state index is 13.4. The second kappa shape index (κ2) is 14.7. The van der Waals surface area contributed by atoms with Gasteiger partial charge in [0.15, 0.2) is 0 Å². The van der Waals surface area contributed by atoms with Crippen LogP contribution in [0.1, 0.15) is 24.8 Å². The van der Waals surface area contributed by atoms with Crippen molar-refractivity contribution in [1.29, 1.82) is 0 Å². The summed E-state index contributed by atoms with van der Waals surface area (Å²) in [5, 5.41) is 17.4. The summed E-state index contributed by atoms with van der Waals surface area (Å²) in [6.45, 7) is 0. The number of hydrogen-bond donors (Lipinski definition) is 8. The van der Waals surface area contributed by atoms with Gasteiger partial charge in [-0.2, -0.15) is 11.8 Å². The molecule has 14 nitrogen and oxygen atoms in total. The molecule has 0 aliphatic heterocycles. The summed E-state index contributed by atoms with van der Waals surface area (Å²) < 4.78 is 0. The van der Waals surface area contributed by atoms with E-state index in [-0.39, 0.29) is 12.8 Å². The second-order valence-corrected chi connectivity index (χ2v) is 9.80. The van der Waals surface area contributed by atoms with Crippen molar-refractivity contribution in [3.05, 3.63) is 36.0 Å². The van der Waals surface area contributed by atoms with Gasteiger partial charge in [-0.15, -0.1) is 0 Å². The molecule has 0 aliphatic rings. The van der Waals surface area contributed by atoms with Crippen LogP contribution in [0.15, 0.2) is 30.5 Å². The summed E-state index contributed by atoms with van der Waals surface area (Å²) in [5.74, 6) is -5.22. The molecule has 2 aromatic rings. The highest BCUT2D eigenvalue weighted by Gasteiger charge is 2.32. The number of carbonyl (C=O) groups excluding carboxylic acids is 5. The van der Waals surface area contributed by atoms with Gasteiger partial charge in [0.05, 0.1) is 18.9 Å². The molecule has 39 heavy (non-hydrogen) atoms. The lowest BCUT2D eigenvalue weighted by Gasteiger charge is -2.24. The van der Waals surface area contributed by atoms with Crippen LogP contribution in [0.5, 0.6) is 0 Å². The third kappa shape index (κ3) is 9.61. The van der Waals surface area contributed by atoms with Crippen molar-refractivity contribution in [2.75, 3.05) is 12.0 Å². The molecule has 0 radical (unpaired) electrons. The smallest absolute Gasteiger partial charge is 0.326 e. The number of rotatable bonds is 16. The Hall–Kier alpha value is -4.11. The normalized spacial score (nSPS) is 14.0. The van der Waals surface area contributed by atoms with E-state index in [1.165, 1.54) is 11.8 Å². The van der Waals surface area contributed by atoms with Crippen molar-refractivity contribution >= 4 is 58.2 Å². The van der Waals surface area contributed by atoms with Crippen molar-refractivity contribution in [1.82, 2.24) is 20.9 Å². The number of aromatic amines is 1. The van der Waals surface area contributed by atoms with E-state index in [9.17, 15) is 33.9 Å². The van der Waals surface area contributed by atoms with E-state index < -0.39 is 72.5 Å². The molecule has 1 heterocycles. The predicted molar refractivity (Wildman–Crippen MR) is 144 cm³/mol. The zero-order valence-corrected chi connectivity index (χ0v) is 22.1. The summed E-state index contributed by atoms with van der Waals surface area (Å²) in [6.07, 6.45) is 2.39. The van der Waals surface area contributed by atoms with Crippen molar-refractivity contribution in [3.8, 4) is 0 Å². The molecule has 0 bridgehead atoms. The molecule has 1 aromatic heterocycles. The highest BCUT2D eigenvalue weighted by atomic mass is 32.2. The zero-order valence-electron chi connectivity index (χ0n) is 21.3. The molecular weight excluding hydrogens is 530 g/mol. The summed E-state index contributed by atoms with van der Waals surface area (Å²) in [6, 6.07) is 1.81. The third-order valence-electron chi connectivity index (χ3n) is 5.75. The van der Waals surface area contributed by atoms with Gasteiger partial charge in [-0.3, -0.25) is 24.0 Å². The third-order valence-corrected chi connectivity index (χ3v) is 6.40. The van der Waals surface area contributed by atoms with Gasteiger partial charge in [0.25, 0.3) is 0 Å².